The molecule has 1 aromatic heterocycles. The second-order valence-corrected chi connectivity index (χ2v) is 8.94. The van der Waals surface area contributed by atoms with E-state index in [0.717, 1.165) is 19.3 Å². The largest absolute Gasteiger partial charge is 0.497 e. The molecule has 0 radical (unpaired) electrons. The monoisotopic (exact) mass is 473 g/mol. The smallest absolute Gasteiger partial charge is 0.257 e. The summed E-state index contributed by atoms with van der Waals surface area (Å²) in [4.78, 5) is 34.0. The molecule has 9 heteroatoms. The number of pyridine rings is 1. The van der Waals surface area contributed by atoms with Gasteiger partial charge in [-0.05, 0) is 48.9 Å². The summed E-state index contributed by atoms with van der Waals surface area (Å²) in [5, 5.41) is 0.228. The molecule has 0 unspecified atom stereocenters. The Morgan fingerprint density at radius 3 is 2.24 bits per heavy atom. The molecular formula is C24H28ClN3O5. The molecule has 2 saturated heterocycles. The lowest BCUT2D eigenvalue weighted by Crippen LogP contribution is -2.44. The Labute approximate surface area is 198 Å². The van der Waals surface area contributed by atoms with Crippen molar-refractivity contribution in [3.05, 3.63) is 46.6 Å². The van der Waals surface area contributed by atoms with Gasteiger partial charge in [0, 0.05) is 37.8 Å². The summed E-state index contributed by atoms with van der Waals surface area (Å²) in [6.07, 6.45) is 2.60. The number of hydrogen-bond acceptors (Lipinski definition) is 6. The van der Waals surface area contributed by atoms with Crippen LogP contribution in [0.3, 0.4) is 0 Å². The fraction of sp³-hybridized carbons (Fsp3) is 0.458. The van der Waals surface area contributed by atoms with E-state index in [2.05, 4.69) is 4.98 Å². The second-order valence-electron chi connectivity index (χ2n) is 8.56. The lowest BCUT2D eigenvalue weighted by molar-refractivity contribution is 0.0562. The number of halogens is 1. The maximum Gasteiger partial charge on any atom is 0.257 e. The summed E-state index contributed by atoms with van der Waals surface area (Å²) in [6, 6.07) is 8.42. The fourth-order valence-electron chi connectivity index (χ4n) is 4.74. The number of aromatic nitrogens is 1. The van der Waals surface area contributed by atoms with E-state index in [1.54, 1.807) is 44.6 Å². The summed E-state index contributed by atoms with van der Waals surface area (Å²) < 4.78 is 15.8. The molecule has 33 heavy (non-hydrogen) atoms. The molecule has 0 aliphatic carbocycles. The highest BCUT2D eigenvalue weighted by Crippen LogP contribution is 2.41. The molecule has 0 saturated carbocycles. The van der Waals surface area contributed by atoms with Crippen molar-refractivity contribution < 1.29 is 23.8 Å². The van der Waals surface area contributed by atoms with Crippen LogP contribution in [0.25, 0.3) is 0 Å². The van der Waals surface area contributed by atoms with E-state index in [1.165, 1.54) is 7.11 Å². The van der Waals surface area contributed by atoms with Gasteiger partial charge in [-0.15, -0.1) is 0 Å². The van der Waals surface area contributed by atoms with Gasteiger partial charge in [-0.3, -0.25) is 9.59 Å². The first-order chi connectivity index (χ1) is 15.9. The van der Waals surface area contributed by atoms with Gasteiger partial charge >= 0.3 is 0 Å². The summed E-state index contributed by atoms with van der Waals surface area (Å²) in [7, 11) is 4.62. The molecule has 2 amide bonds. The number of methoxy groups -OCH3 is 3. The van der Waals surface area contributed by atoms with E-state index in [0.29, 0.717) is 54.7 Å². The Morgan fingerprint density at radius 1 is 0.909 bits per heavy atom. The average molecular weight is 474 g/mol. The minimum absolute atomic E-state index is 0.0197. The van der Waals surface area contributed by atoms with Crippen LogP contribution in [0, 0.1) is 5.41 Å². The van der Waals surface area contributed by atoms with Crippen LogP contribution in [0.2, 0.25) is 5.15 Å². The predicted octanol–water partition coefficient (Wildman–Crippen LogP) is 3.53. The van der Waals surface area contributed by atoms with Crippen molar-refractivity contribution in [1.82, 2.24) is 14.8 Å². The van der Waals surface area contributed by atoms with Crippen LogP contribution in [0.4, 0.5) is 0 Å². The topological polar surface area (TPSA) is 81.2 Å². The molecule has 3 heterocycles. The zero-order valence-electron chi connectivity index (χ0n) is 19.1. The molecule has 4 rings (SSSR count). The van der Waals surface area contributed by atoms with Crippen LogP contribution < -0.4 is 14.2 Å². The molecule has 0 N–H and O–H groups in total. The zero-order chi connectivity index (χ0) is 23.6. The Balaban J connectivity index is 1.42. The van der Waals surface area contributed by atoms with Gasteiger partial charge in [0.15, 0.2) is 0 Å². The normalized spacial score (nSPS) is 17.2. The summed E-state index contributed by atoms with van der Waals surface area (Å²) in [5.41, 5.74) is 0.993. The van der Waals surface area contributed by atoms with Crippen LogP contribution in [0.5, 0.6) is 17.4 Å². The van der Waals surface area contributed by atoms with Crippen LogP contribution in [0.1, 0.15) is 40.0 Å². The molecule has 1 spiro atoms. The minimum atomic E-state index is -0.0749. The van der Waals surface area contributed by atoms with Crippen LogP contribution in [0.15, 0.2) is 30.3 Å². The lowest BCUT2D eigenvalue weighted by atomic mass is 9.77. The number of nitrogens with zero attached hydrogens (tertiary/aromatic N) is 3. The summed E-state index contributed by atoms with van der Waals surface area (Å²) in [6.45, 7) is 2.61. The highest BCUT2D eigenvalue weighted by atomic mass is 35.5. The highest BCUT2D eigenvalue weighted by Gasteiger charge is 2.43. The first-order valence-corrected chi connectivity index (χ1v) is 11.3. The second kappa shape index (κ2) is 9.47. The predicted molar refractivity (Wildman–Crippen MR) is 123 cm³/mol. The SMILES string of the molecule is COc1ccc(OC)c(C(=O)N2CCC3(CCN(C(=O)c4cc(Cl)nc(OC)c4)C3)CC2)c1. The number of amides is 2. The number of carbonyl (C=O) groups excluding carboxylic acids is 2. The van der Waals surface area contributed by atoms with Gasteiger partial charge in [-0.2, -0.15) is 0 Å². The summed E-state index contributed by atoms with van der Waals surface area (Å²) in [5.74, 6) is 1.33. The first kappa shape index (κ1) is 23.2. The van der Waals surface area contributed by atoms with Gasteiger partial charge in [0.2, 0.25) is 5.88 Å². The number of hydrogen-bond donors (Lipinski definition) is 0. The van der Waals surface area contributed by atoms with E-state index in [4.69, 9.17) is 25.8 Å². The Kier molecular flexibility index (Phi) is 6.65. The number of likely N-dealkylation sites (tertiary alicyclic amines) is 2. The van der Waals surface area contributed by atoms with E-state index in [1.807, 2.05) is 9.80 Å². The fourth-order valence-corrected chi connectivity index (χ4v) is 4.94. The third-order valence-electron chi connectivity index (χ3n) is 6.70. The molecular weight excluding hydrogens is 446 g/mol. The third-order valence-corrected chi connectivity index (χ3v) is 6.89. The molecule has 0 atom stereocenters. The van der Waals surface area contributed by atoms with Crippen LogP contribution in [-0.4, -0.2) is 74.1 Å². The van der Waals surface area contributed by atoms with Gasteiger partial charge in [0.05, 0.1) is 26.9 Å². The van der Waals surface area contributed by atoms with Crippen molar-refractivity contribution in [2.24, 2.45) is 5.41 Å². The van der Waals surface area contributed by atoms with Crippen molar-refractivity contribution in [1.29, 1.82) is 0 Å². The van der Waals surface area contributed by atoms with Crippen molar-refractivity contribution in [3.8, 4) is 17.4 Å². The van der Waals surface area contributed by atoms with E-state index in [-0.39, 0.29) is 22.4 Å². The number of rotatable bonds is 5. The van der Waals surface area contributed by atoms with Crippen molar-refractivity contribution in [3.63, 3.8) is 0 Å². The molecule has 176 valence electrons. The zero-order valence-corrected chi connectivity index (χ0v) is 19.9. The third kappa shape index (κ3) is 4.71. The Morgan fingerprint density at radius 2 is 1.61 bits per heavy atom. The number of carbonyl (C=O) groups is 2. The Hall–Kier alpha value is -3.00. The van der Waals surface area contributed by atoms with Crippen molar-refractivity contribution in [2.45, 2.75) is 19.3 Å². The summed E-state index contributed by atoms with van der Waals surface area (Å²) >= 11 is 6.04. The quantitative estimate of drug-likeness (QED) is 0.618. The van der Waals surface area contributed by atoms with Gasteiger partial charge in [0.1, 0.15) is 16.7 Å². The maximum absolute atomic E-state index is 13.2. The van der Waals surface area contributed by atoms with E-state index in [9.17, 15) is 9.59 Å². The van der Waals surface area contributed by atoms with Gasteiger partial charge in [-0.1, -0.05) is 11.6 Å². The Bertz CT molecular complexity index is 1050. The minimum Gasteiger partial charge on any atom is -0.497 e. The van der Waals surface area contributed by atoms with Gasteiger partial charge in [-0.25, -0.2) is 4.98 Å². The first-order valence-electron chi connectivity index (χ1n) is 10.9. The standard InChI is InChI=1S/C24H28ClN3O5/c1-31-17-4-5-19(32-2)18(14-17)23(30)27-9-6-24(7-10-27)8-11-28(15-24)22(29)16-12-20(25)26-21(13-16)33-3/h4-5,12-14H,6-11,15H2,1-3H3. The molecule has 2 fully saturated rings. The molecule has 8 nitrogen and oxygen atoms in total. The highest BCUT2D eigenvalue weighted by molar-refractivity contribution is 6.29. The van der Waals surface area contributed by atoms with E-state index < -0.39 is 0 Å². The van der Waals surface area contributed by atoms with Crippen molar-refractivity contribution >= 4 is 23.4 Å². The number of piperidine rings is 1. The van der Waals surface area contributed by atoms with Gasteiger partial charge in [0.25, 0.3) is 11.8 Å². The van der Waals surface area contributed by atoms with Crippen LogP contribution >= 0.6 is 11.6 Å². The molecule has 2 aromatic rings. The lowest BCUT2D eigenvalue weighted by Gasteiger charge is -2.39. The molecule has 2 aliphatic rings. The average Bonchev–Trinajstić information content (AvgIpc) is 3.26. The maximum atomic E-state index is 13.2. The van der Waals surface area contributed by atoms with Gasteiger partial charge < -0.3 is 24.0 Å². The molecule has 2 aliphatic heterocycles. The molecule has 1 aromatic carbocycles. The van der Waals surface area contributed by atoms with Crippen LogP contribution in [-0.2, 0) is 0 Å². The number of ether oxygens (including phenoxy) is 3. The van der Waals surface area contributed by atoms with Crippen molar-refractivity contribution in [2.75, 3.05) is 47.5 Å². The molecule has 0 bridgehead atoms. The number of benzene rings is 1. The van der Waals surface area contributed by atoms with E-state index >= 15 is 0 Å².